The normalized spacial score (nSPS) is 37.6. The lowest BCUT2D eigenvalue weighted by molar-refractivity contribution is 0.0399. The molecule has 2 aliphatic rings. The average molecular weight is 217 g/mol. The average Bonchev–Trinajstić information content (AvgIpc) is 2.77. The second-order valence-electron chi connectivity index (χ2n) is 5.47. The highest BCUT2D eigenvalue weighted by molar-refractivity contribution is 5.18. The van der Waals surface area contributed by atoms with Crippen molar-refractivity contribution in [1.82, 2.24) is 5.32 Å². The van der Waals surface area contributed by atoms with Crippen LogP contribution in [0.2, 0.25) is 0 Å². The van der Waals surface area contributed by atoms with Crippen molar-refractivity contribution in [3.05, 3.63) is 35.9 Å². The number of benzene rings is 1. The van der Waals surface area contributed by atoms with Crippen LogP contribution >= 0.6 is 0 Å². The lowest BCUT2D eigenvalue weighted by atomic mass is 9.91. The van der Waals surface area contributed by atoms with Gasteiger partial charge < -0.3 is 10.4 Å². The number of hydrogen-bond acceptors (Lipinski definition) is 2. The van der Waals surface area contributed by atoms with Gasteiger partial charge in [0.1, 0.15) is 0 Å². The molecule has 0 spiro atoms. The van der Waals surface area contributed by atoms with Crippen LogP contribution in [0.25, 0.3) is 0 Å². The molecule has 0 radical (unpaired) electrons. The second kappa shape index (κ2) is 3.86. The maximum atomic E-state index is 10.6. The lowest BCUT2D eigenvalue weighted by Gasteiger charge is -2.23. The molecule has 1 saturated heterocycles. The predicted octanol–water partition coefficient (Wildman–Crippen LogP) is 1.59. The molecule has 1 heterocycles. The molecule has 1 saturated carbocycles. The Morgan fingerprint density at radius 2 is 1.75 bits per heavy atom. The number of rotatable bonds is 2. The Morgan fingerprint density at radius 1 is 1.12 bits per heavy atom. The van der Waals surface area contributed by atoms with Crippen LogP contribution in [-0.2, 0) is 6.42 Å². The van der Waals surface area contributed by atoms with E-state index in [0.29, 0.717) is 11.8 Å². The first-order valence-corrected chi connectivity index (χ1v) is 6.22. The zero-order valence-electron chi connectivity index (χ0n) is 9.52. The maximum absolute atomic E-state index is 10.6. The topological polar surface area (TPSA) is 32.3 Å². The summed E-state index contributed by atoms with van der Waals surface area (Å²) in [4.78, 5) is 0. The third kappa shape index (κ3) is 1.87. The van der Waals surface area contributed by atoms with Gasteiger partial charge in [-0.05, 0) is 43.3 Å². The first-order valence-electron chi connectivity index (χ1n) is 6.22. The summed E-state index contributed by atoms with van der Waals surface area (Å²) < 4.78 is 0. The quantitative estimate of drug-likeness (QED) is 0.788. The maximum Gasteiger partial charge on any atom is 0.0694 e. The Morgan fingerprint density at radius 3 is 2.38 bits per heavy atom. The predicted molar refractivity (Wildman–Crippen MR) is 64.2 cm³/mol. The standard InChI is InChI=1S/C14H19NO/c16-14(6-11-4-2-1-3-5-11)7-12-9-15-10-13(12)8-14/h1-5,12-13,15-16H,6-10H2/t12-,13+,14?. The SMILES string of the molecule is OC1(Cc2ccccc2)C[C@H]2CNC[C@H]2C1. The van der Waals surface area contributed by atoms with Gasteiger partial charge in [-0.2, -0.15) is 0 Å². The third-order valence-corrected chi connectivity index (χ3v) is 4.14. The van der Waals surface area contributed by atoms with Crippen LogP contribution in [0.15, 0.2) is 30.3 Å². The molecule has 0 aromatic heterocycles. The minimum absolute atomic E-state index is 0.446. The van der Waals surface area contributed by atoms with Crippen molar-refractivity contribution in [2.24, 2.45) is 11.8 Å². The highest BCUT2D eigenvalue weighted by atomic mass is 16.3. The molecule has 2 N–H and O–H groups in total. The van der Waals surface area contributed by atoms with E-state index in [4.69, 9.17) is 0 Å². The van der Waals surface area contributed by atoms with Crippen molar-refractivity contribution in [1.29, 1.82) is 0 Å². The lowest BCUT2D eigenvalue weighted by Crippen LogP contribution is -2.30. The van der Waals surface area contributed by atoms with E-state index in [1.54, 1.807) is 0 Å². The van der Waals surface area contributed by atoms with Crippen LogP contribution in [-0.4, -0.2) is 23.8 Å². The minimum atomic E-state index is -0.446. The molecule has 3 rings (SSSR count). The third-order valence-electron chi connectivity index (χ3n) is 4.14. The van der Waals surface area contributed by atoms with Crippen molar-refractivity contribution in [3.63, 3.8) is 0 Å². The van der Waals surface area contributed by atoms with Gasteiger partial charge >= 0.3 is 0 Å². The van der Waals surface area contributed by atoms with Crippen LogP contribution in [0, 0.1) is 11.8 Å². The molecule has 2 nitrogen and oxygen atoms in total. The molecule has 2 heteroatoms. The highest BCUT2D eigenvalue weighted by Gasteiger charge is 2.45. The van der Waals surface area contributed by atoms with Gasteiger partial charge in [-0.3, -0.25) is 0 Å². The zero-order valence-corrected chi connectivity index (χ0v) is 9.52. The fourth-order valence-electron chi connectivity index (χ4n) is 3.44. The van der Waals surface area contributed by atoms with E-state index in [9.17, 15) is 5.11 Å². The molecular formula is C14H19NO. The fourth-order valence-corrected chi connectivity index (χ4v) is 3.44. The molecule has 1 unspecified atom stereocenters. The van der Waals surface area contributed by atoms with E-state index in [-0.39, 0.29) is 0 Å². The first kappa shape index (κ1) is 10.3. The van der Waals surface area contributed by atoms with Gasteiger partial charge in [0.2, 0.25) is 0 Å². The summed E-state index contributed by atoms with van der Waals surface area (Å²) in [6.07, 6.45) is 2.76. The van der Waals surface area contributed by atoms with E-state index in [1.165, 1.54) is 5.56 Å². The van der Waals surface area contributed by atoms with Crippen LogP contribution in [0.3, 0.4) is 0 Å². The molecule has 3 atom stereocenters. The van der Waals surface area contributed by atoms with Gasteiger partial charge in [0.15, 0.2) is 0 Å². The molecule has 1 aliphatic heterocycles. The molecule has 1 aromatic carbocycles. The number of hydrogen-bond donors (Lipinski definition) is 2. The van der Waals surface area contributed by atoms with E-state index in [0.717, 1.165) is 32.4 Å². The van der Waals surface area contributed by atoms with Crippen molar-refractivity contribution in [3.8, 4) is 0 Å². The van der Waals surface area contributed by atoms with Crippen molar-refractivity contribution in [2.45, 2.75) is 24.9 Å². The van der Waals surface area contributed by atoms with Gasteiger partial charge in [-0.15, -0.1) is 0 Å². The van der Waals surface area contributed by atoms with Gasteiger partial charge in [0.25, 0.3) is 0 Å². The molecular weight excluding hydrogens is 198 g/mol. The summed E-state index contributed by atoms with van der Waals surface area (Å²) in [5.41, 5.74) is 0.816. The molecule has 86 valence electrons. The Kier molecular flexibility index (Phi) is 2.49. The summed E-state index contributed by atoms with van der Waals surface area (Å²) in [7, 11) is 0. The van der Waals surface area contributed by atoms with Gasteiger partial charge in [-0.1, -0.05) is 30.3 Å². The minimum Gasteiger partial charge on any atom is -0.390 e. The smallest absolute Gasteiger partial charge is 0.0694 e. The summed E-state index contributed by atoms with van der Waals surface area (Å²) in [5, 5.41) is 14.0. The van der Waals surface area contributed by atoms with Crippen LogP contribution in [0.5, 0.6) is 0 Å². The van der Waals surface area contributed by atoms with Crippen molar-refractivity contribution >= 4 is 0 Å². The molecule has 2 fully saturated rings. The van der Waals surface area contributed by atoms with E-state index in [2.05, 4.69) is 29.6 Å². The van der Waals surface area contributed by atoms with Crippen LogP contribution in [0.4, 0.5) is 0 Å². The summed E-state index contributed by atoms with van der Waals surface area (Å²) in [5.74, 6) is 1.41. The largest absolute Gasteiger partial charge is 0.390 e. The second-order valence-corrected chi connectivity index (χ2v) is 5.47. The summed E-state index contributed by atoms with van der Waals surface area (Å²) >= 11 is 0. The van der Waals surface area contributed by atoms with Gasteiger partial charge in [0, 0.05) is 6.42 Å². The summed E-state index contributed by atoms with van der Waals surface area (Å²) in [6.45, 7) is 2.20. The van der Waals surface area contributed by atoms with Crippen molar-refractivity contribution < 1.29 is 5.11 Å². The highest BCUT2D eigenvalue weighted by Crippen LogP contribution is 2.42. The van der Waals surface area contributed by atoms with Gasteiger partial charge in [0.05, 0.1) is 5.60 Å². The zero-order chi connectivity index (χ0) is 11.0. The molecule has 16 heavy (non-hydrogen) atoms. The first-order chi connectivity index (χ1) is 7.75. The monoisotopic (exact) mass is 217 g/mol. The van der Waals surface area contributed by atoms with E-state index < -0.39 is 5.60 Å². The Bertz CT molecular complexity index is 350. The van der Waals surface area contributed by atoms with E-state index >= 15 is 0 Å². The Labute approximate surface area is 96.7 Å². The molecule has 0 bridgehead atoms. The summed E-state index contributed by atoms with van der Waals surface area (Å²) in [6, 6.07) is 10.4. The molecule has 1 aromatic rings. The van der Waals surface area contributed by atoms with Crippen molar-refractivity contribution in [2.75, 3.05) is 13.1 Å². The number of fused-ring (bicyclic) bond motifs is 1. The molecule has 1 aliphatic carbocycles. The fraction of sp³-hybridized carbons (Fsp3) is 0.571. The molecule has 0 amide bonds. The Balaban J connectivity index is 1.71. The van der Waals surface area contributed by atoms with Crippen LogP contribution in [0.1, 0.15) is 18.4 Å². The van der Waals surface area contributed by atoms with Gasteiger partial charge in [-0.25, -0.2) is 0 Å². The Hall–Kier alpha value is -0.860. The number of aliphatic hydroxyl groups is 1. The van der Waals surface area contributed by atoms with E-state index in [1.807, 2.05) is 6.07 Å². The number of nitrogens with one attached hydrogen (secondary N) is 1. The van der Waals surface area contributed by atoms with Crippen LogP contribution < -0.4 is 5.32 Å².